The highest BCUT2D eigenvalue weighted by Crippen LogP contribution is 2.46. The lowest BCUT2D eigenvalue weighted by molar-refractivity contribution is -0.137. The van der Waals surface area contributed by atoms with Crippen LogP contribution in [-0.2, 0) is 21.7 Å². The third-order valence-electron chi connectivity index (χ3n) is 4.16. The molecule has 0 aliphatic carbocycles. The second-order valence-corrected chi connectivity index (χ2v) is 7.32. The van der Waals surface area contributed by atoms with Crippen LogP contribution in [0, 0.1) is 0 Å². The molecular formula is C21H20O6S. The minimum atomic E-state index is -1.40. The standard InChI is InChI=1S/C21H20O6S/c1-25-16-11-15-9-6-10-17(28(24)13-14-7-4-3-5-8-14)19(15)21(20(16)26-2)27-18(23)12-22/h3-11,22H,12-13H2,1-2H3. The number of hydrogen-bond acceptors (Lipinski definition) is 6. The summed E-state index contributed by atoms with van der Waals surface area (Å²) < 4.78 is 29.2. The summed E-state index contributed by atoms with van der Waals surface area (Å²) in [5, 5.41) is 10.3. The first-order valence-electron chi connectivity index (χ1n) is 8.50. The van der Waals surface area contributed by atoms with E-state index in [-0.39, 0.29) is 11.5 Å². The summed E-state index contributed by atoms with van der Waals surface area (Å²) >= 11 is -1.40. The predicted octanol–water partition coefficient (Wildman–Crippen LogP) is 3.06. The molecule has 3 aromatic rings. The van der Waals surface area contributed by atoms with Gasteiger partial charge in [-0.2, -0.15) is 0 Å². The maximum atomic E-state index is 13.1. The van der Waals surface area contributed by atoms with Gasteiger partial charge in [0.2, 0.25) is 5.75 Å². The highest BCUT2D eigenvalue weighted by Gasteiger charge is 2.26. The van der Waals surface area contributed by atoms with Crippen LogP contribution in [0.3, 0.4) is 0 Å². The highest BCUT2D eigenvalue weighted by atomic mass is 32.2. The molecule has 0 saturated heterocycles. The van der Waals surface area contributed by atoms with Crippen molar-refractivity contribution in [3.8, 4) is 17.2 Å². The first-order valence-corrected chi connectivity index (χ1v) is 9.82. The van der Waals surface area contributed by atoms with E-state index in [9.17, 15) is 9.35 Å². The summed E-state index contributed by atoms with van der Waals surface area (Å²) in [6.07, 6.45) is 0. The molecule has 0 aromatic heterocycles. The lowest BCUT2D eigenvalue weighted by Gasteiger charge is -2.18. The van der Waals surface area contributed by atoms with Gasteiger partial charge in [-0.15, -0.1) is 0 Å². The number of carbonyl (C=O) groups is 1. The average molecular weight is 400 g/mol. The first-order chi connectivity index (χ1) is 13.6. The third-order valence-corrected chi connectivity index (χ3v) is 5.58. The van der Waals surface area contributed by atoms with Gasteiger partial charge in [-0.3, -0.25) is 0 Å². The van der Waals surface area contributed by atoms with Crippen LogP contribution in [0.5, 0.6) is 17.2 Å². The molecule has 0 saturated carbocycles. The lowest BCUT2D eigenvalue weighted by Crippen LogP contribution is -2.14. The molecule has 0 spiro atoms. The molecule has 0 fully saturated rings. The zero-order valence-electron chi connectivity index (χ0n) is 15.5. The summed E-state index contributed by atoms with van der Waals surface area (Å²) in [4.78, 5) is 12.3. The Hall–Kier alpha value is -2.74. The number of fused-ring (bicyclic) bond motifs is 1. The van der Waals surface area contributed by atoms with E-state index in [0.29, 0.717) is 27.2 Å². The van der Waals surface area contributed by atoms with E-state index in [4.69, 9.17) is 19.3 Å². The number of benzene rings is 3. The molecule has 1 unspecified atom stereocenters. The molecule has 1 N–H and O–H groups in total. The third kappa shape index (κ3) is 4.06. The van der Waals surface area contributed by atoms with Crippen molar-refractivity contribution in [3.63, 3.8) is 0 Å². The number of carbonyl (C=O) groups excluding carboxylic acids is 1. The Morgan fingerprint density at radius 3 is 2.43 bits per heavy atom. The highest BCUT2D eigenvalue weighted by molar-refractivity contribution is 7.90. The summed E-state index contributed by atoms with van der Waals surface area (Å²) in [5.41, 5.74) is 0.923. The van der Waals surface area contributed by atoms with Crippen LogP contribution in [-0.4, -0.2) is 36.5 Å². The maximum absolute atomic E-state index is 13.1. The first kappa shape index (κ1) is 20.0. The Labute approximate surface area is 165 Å². The Bertz CT molecular complexity index is 974. The van der Waals surface area contributed by atoms with Crippen molar-refractivity contribution in [2.75, 3.05) is 20.8 Å². The number of methoxy groups -OCH3 is 2. The minimum absolute atomic E-state index is 0.0768. The fourth-order valence-electron chi connectivity index (χ4n) is 2.93. The van der Waals surface area contributed by atoms with Gasteiger partial charge in [-0.1, -0.05) is 42.5 Å². The number of aliphatic hydroxyl groups excluding tert-OH is 1. The number of ether oxygens (including phenoxy) is 3. The zero-order valence-corrected chi connectivity index (χ0v) is 16.3. The summed E-state index contributed by atoms with van der Waals surface area (Å²) in [6, 6.07) is 16.5. The molecule has 1 atom stereocenters. The van der Waals surface area contributed by atoms with Gasteiger partial charge < -0.3 is 23.9 Å². The Morgan fingerprint density at radius 1 is 1.04 bits per heavy atom. The van der Waals surface area contributed by atoms with Crippen LogP contribution >= 0.6 is 0 Å². The van der Waals surface area contributed by atoms with Crippen molar-refractivity contribution in [2.45, 2.75) is 10.6 Å². The molecule has 146 valence electrons. The summed E-state index contributed by atoms with van der Waals surface area (Å²) in [6.45, 7) is -0.795. The quantitative estimate of drug-likeness (QED) is 0.373. The second kappa shape index (κ2) is 8.97. The molecule has 28 heavy (non-hydrogen) atoms. The van der Waals surface area contributed by atoms with Crippen molar-refractivity contribution < 1.29 is 28.7 Å². The maximum Gasteiger partial charge on any atom is 0.337 e. The molecule has 6 nitrogen and oxygen atoms in total. The average Bonchev–Trinajstić information content (AvgIpc) is 2.73. The van der Waals surface area contributed by atoms with E-state index in [2.05, 4.69) is 0 Å². The van der Waals surface area contributed by atoms with E-state index in [1.165, 1.54) is 14.2 Å². The predicted molar refractivity (Wildman–Crippen MR) is 106 cm³/mol. The van der Waals surface area contributed by atoms with Gasteiger partial charge in [0, 0.05) is 5.56 Å². The van der Waals surface area contributed by atoms with Crippen molar-refractivity contribution in [2.24, 2.45) is 0 Å². The van der Waals surface area contributed by atoms with E-state index >= 15 is 0 Å². The topological polar surface area (TPSA) is 88.0 Å². The van der Waals surface area contributed by atoms with Gasteiger partial charge in [-0.25, -0.2) is 4.79 Å². The largest absolute Gasteiger partial charge is 0.611 e. The Balaban J connectivity index is 2.18. The van der Waals surface area contributed by atoms with Gasteiger partial charge in [0.1, 0.15) is 12.4 Å². The molecule has 0 aliphatic rings. The molecule has 0 radical (unpaired) electrons. The van der Waals surface area contributed by atoms with Crippen molar-refractivity contribution >= 4 is 27.9 Å². The van der Waals surface area contributed by atoms with Crippen LogP contribution in [0.25, 0.3) is 10.8 Å². The minimum Gasteiger partial charge on any atom is -0.611 e. The number of hydrogen-bond donors (Lipinski definition) is 1. The van der Waals surface area contributed by atoms with Crippen LogP contribution in [0.15, 0.2) is 59.5 Å². The van der Waals surface area contributed by atoms with E-state index in [0.717, 1.165) is 5.56 Å². The van der Waals surface area contributed by atoms with E-state index in [1.54, 1.807) is 24.3 Å². The van der Waals surface area contributed by atoms with Gasteiger partial charge >= 0.3 is 5.97 Å². The van der Waals surface area contributed by atoms with Crippen LogP contribution in [0.1, 0.15) is 5.56 Å². The monoisotopic (exact) mass is 400 g/mol. The molecule has 0 heterocycles. The molecule has 0 amide bonds. The number of rotatable bonds is 7. The molecular weight excluding hydrogens is 380 g/mol. The van der Waals surface area contributed by atoms with Gasteiger partial charge in [0.05, 0.1) is 19.6 Å². The Morgan fingerprint density at radius 2 is 1.79 bits per heavy atom. The van der Waals surface area contributed by atoms with Crippen LogP contribution in [0.2, 0.25) is 0 Å². The van der Waals surface area contributed by atoms with Crippen LogP contribution in [0.4, 0.5) is 0 Å². The van der Waals surface area contributed by atoms with Crippen molar-refractivity contribution in [1.29, 1.82) is 0 Å². The fourth-order valence-corrected chi connectivity index (χ4v) is 4.24. The van der Waals surface area contributed by atoms with Gasteiger partial charge in [0.25, 0.3) is 0 Å². The second-order valence-electron chi connectivity index (χ2n) is 5.90. The summed E-state index contributed by atoms with van der Waals surface area (Å²) in [5.74, 6) is 0.0916. The van der Waals surface area contributed by atoms with Crippen LogP contribution < -0.4 is 14.2 Å². The van der Waals surface area contributed by atoms with Gasteiger partial charge in [-0.05, 0) is 28.7 Å². The smallest absolute Gasteiger partial charge is 0.337 e. The SMILES string of the molecule is COc1cc2cccc([S+]([O-])Cc3ccccc3)c2c(OC(=O)CO)c1OC. The fraction of sp³-hybridized carbons (Fsp3) is 0.190. The number of esters is 1. The van der Waals surface area contributed by atoms with Crippen molar-refractivity contribution in [3.05, 3.63) is 60.2 Å². The lowest BCUT2D eigenvalue weighted by atomic mass is 10.1. The molecule has 0 bridgehead atoms. The van der Waals surface area contributed by atoms with Crippen molar-refractivity contribution in [1.82, 2.24) is 0 Å². The zero-order chi connectivity index (χ0) is 20.1. The summed E-state index contributed by atoms with van der Waals surface area (Å²) in [7, 11) is 2.89. The van der Waals surface area contributed by atoms with Gasteiger partial charge in [0.15, 0.2) is 16.4 Å². The molecule has 3 rings (SSSR count). The normalized spacial score (nSPS) is 11.9. The molecule has 0 aliphatic heterocycles. The van der Waals surface area contributed by atoms with E-state index < -0.39 is 23.8 Å². The van der Waals surface area contributed by atoms with E-state index in [1.807, 2.05) is 30.3 Å². The molecule has 3 aromatic carbocycles. The molecule has 7 heteroatoms. The Kier molecular flexibility index (Phi) is 6.41. The number of aliphatic hydroxyl groups is 1.